The molecular formula is C4H10O5. The van der Waals surface area contributed by atoms with Gasteiger partial charge in [0.25, 0.3) is 0 Å². The lowest BCUT2D eigenvalue weighted by Crippen LogP contribution is -2.03. The number of carboxylic acid groups (broad SMARTS) is 2. The third-order valence-corrected chi connectivity index (χ3v) is 0.264. The van der Waals surface area contributed by atoms with Crippen LogP contribution in [0, 0.1) is 0 Å². The third kappa shape index (κ3) is 137. The van der Waals surface area contributed by atoms with E-state index in [0.29, 0.717) is 0 Å². The molecule has 5 heteroatoms. The lowest BCUT2D eigenvalue weighted by molar-refractivity contribution is 0.110. The fourth-order valence-electron chi connectivity index (χ4n) is 0. The number of hydrogen-bond acceptors (Lipinski definition) is 3. The number of hydrogen-bond donors (Lipinski definition) is 4. The van der Waals surface area contributed by atoms with Crippen LogP contribution in [-0.2, 0) is 0 Å². The molecule has 5 nitrogen and oxygen atoms in total. The van der Waals surface area contributed by atoms with E-state index in [1.165, 1.54) is 6.92 Å². The van der Waals surface area contributed by atoms with Crippen LogP contribution in [0.15, 0.2) is 0 Å². The molecule has 0 heterocycles. The van der Waals surface area contributed by atoms with Crippen LogP contribution in [0.5, 0.6) is 0 Å². The second-order valence-electron chi connectivity index (χ2n) is 1.31. The Morgan fingerprint density at radius 2 is 1.67 bits per heavy atom. The molecule has 0 radical (unpaired) electrons. The normalized spacial score (nSPS) is 11.0. The first kappa shape index (κ1) is 11.0. The van der Waals surface area contributed by atoms with Crippen LogP contribution >= 0.6 is 0 Å². The van der Waals surface area contributed by atoms with E-state index in [2.05, 4.69) is 0 Å². The first-order valence-corrected chi connectivity index (χ1v) is 2.21. The Morgan fingerprint density at radius 1 is 1.56 bits per heavy atom. The first-order valence-electron chi connectivity index (χ1n) is 2.21. The van der Waals surface area contributed by atoms with E-state index in [1.54, 1.807) is 0 Å². The lowest BCUT2D eigenvalue weighted by atomic mass is 10.5. The van der Waals surface area contributed by atoms with Gasteiger partial charge in [-0.25, -0.2) is 4.79 Å². The van der Waals surface area contributed by atoms with Gasteiger partial charge in [0.1, 0.15) is 0 Å². The quantitative estimate of drug-likeness (QED) is 0.394. The van der Waals surface area contributed by atoms with Crippen LogP contribution in [0.2, 0.25) is 0 Å². The monoisotopic (exact) mass is 138 g/mol. The van der Waals surface area contributed by atoms with Crippen molar-refractivity contribution in [1.82, 2.24) is 0 Å². The van der Waals surface area contributed by atoms with Gasteiger partial charge < -0.3 is 20.4 Å². The molecule has 0 spiro atoms. The first-order chi connectivity index (χ1) is 4.00. The highest BCUT2D eigenvalue weighted by molar-refractivity contribution is 5.53. The van der Waals surface area contributed by atoms with E-state index in [9.17, 15) is 0 Å². The summed E-state index contributed by atoms with van der Waals surface area (Å²) in [5, 5.41) is 29.9. The van der Waals surface area contributed by atoms with Gasteiger partial charge in [0.05, 0.1) is 12.7 Å². The van der Waals surface area contributed by atoms with Crippen molar-refractivity contribution < 1.29 is 25.2 Å². The maximum atomic E-state index is 8.56. The van der Waals surface area contributed by atoms with Gasteiger partial charge in [-0.2, -0.15) is 0 Å². The van der Waals surface area contributed by atoms with E-state index in [0.717, 1.165) is 0 Å². The minimum atomic E-state index is -1.83. The molecule has 0 unspecified atom stereocenters. The predicted octanol–water partition coefficient (Wildman–Crippen LogP) is -0.418. The minimum Gasteiger partial charge on any atom is -0.450 e. The summed E-state index contributed by atoms with van der Waals surface area (Å²) >= 11 is 0. The van der Waals surface area contributed by atoms with Crippen LogP contribution in [0.1, 0.15) is 6.92 Å². The van der Waals surface area contributed by atoms with E-state index in [1.807, 2.05) is 0 Å². The van der Waals surface area contributed by atoms with Gasteiger partial charge >= 0.3 is 6.16 Å². The summed E-state index contributed by atoms with van der Waals surface area (Å²) in [6.45, 7) is 1.39. The molecule has 0 fully saturated rings. The van der Waals surface area contributed by atoms with Crippen molar-refractivity contribution in [2.45, 2.75) is 13.0 Å². The second kappa shape index (κ2) is 7.19. The van der Waals surface area contributed by atoms with E-state index in [4.69, 9.17) is 25.2 Å². The Morgan fingerprint density at radius 3 is 1.67 bits per heavy atom. The zero-order chi connectivity index (χ0) is 7.86. The molecule has 56 valence electrons. The lowest BCUT2D eigenvalue weighted by Gasteiger charge is -1.90. The summed E-state index contributed by atoms with van der Waals surface area (Å²) in [7, 11) is 0. The number of aliphatic hydroxyl groups excluding tert-OH is 2. The molecule has 0 saturated heterocycles. The van der Waals surface area contributed by atoms with Crippen LogP contribution < -0.4 is 0 Å². The van der Waals surface area contributed by atoms with Gasteiger partial charge in [-0.15, -0.1) is 0 Å². The maximum absolute atomic E-state index is 8.56. The number of aliphatic hydroxyl groups is 2. The largest absolute Gasteiger partial charge is 0.503 e. The molecule has 0 saturated carbocycles. The van der Waals surface area contributed by atoms with Gasteiger partial charge in [-0.1, -0.05) is 0 Å². The average Bonchev–Trinajstić information content (AvgIpc) is 1.65. The molecule has 0 aromatic heterocycles. The van der Waals surface area contributed by atoms with Crippen LogP contribution in [0.25, 0.3) is 0 Å². The summed E-state index contributed by atoms with van der Waals surface area (Å²) in [6, 6.07) is 0. The predicted molar refractivity (Wildman–Crippen MR) is 29.4 cm³/mol. The molecule has 0 rings (SSSR count). The Kier molecular flexibility index (Phi) is 8.83. The topological polar surface area (TPSA) is 98.0 Å². The molecule has 9 heavy (non-hydrogen) atoms. The van der Waals surface area contributed by atoms with Crippen molar-refractivity contribution in [3.05, 3.63) is 0 Å². The van der Waals surface area contributed by atoms with E-state index >= 15 is 0 Å². The highest BCUT2D eigenvalue weighted by atomic mass is 16.6. The molecule has 0 amide bonds. The standard InChI is InChI=1S/C3H8O2.CH2O3/c1-3(5)2-4;2-1(3)4/h3-5H,2H2,1H3;(H2,2,3,4)/t3-;/m1./s1. The summed E-state index contributed by atoms with van der Waals surface area (Å²) in [5.74, 6) is 0. The van der Waals surface area contributed by atoms with Gasteiger partial charge in [0.15, 0.2) is 0 Å². The average molecular weight is 138 g/mol. The van der Waals surface area contributed by atoms with E-state index < -0.39 is 12.3 Å². The maximum Gasteiger partial charge on any atom is 0.503 e. The van der Waals surface area contributed by atoms with Crippen molar-refractivity contribution in [3.63, 3.8) is 0 Å². The smallest absolute Gasteiger partial charge is 0.450 e. The molecule has 0 aliphatic heterocycles. The zero-order valence-electron chi connectivity index (χ0n) is 4.98. The van der Waals surface area contributed by atoms with Gasteiger partial charge in [-0.3, -0.25) is 0 Å². The van der Waals surface area contributed by atoms with Crippen molar-refractivity contribution in [3.8, 4) is 0 Å². The van der Waals surface area contributed by atoms with Crippen LogP contribution in [0.4, 0.5) is 4.79 Å². The minimum absolute atomic E-state index is 0.139. The van der Waals surface area contributed by atoms with Crippen LogP contribution in [-0.4, -0.2) is 39.3 Å². The van der Waals surface area contributed by atoms with Gasteiger partial charge in [0.2, 0.25) is 0 Å². The fourth-order valence-corrected chi connectivity index (χ4v) is 0. The van der Waals surface area contributed by atoms with Crippen LogP contribution in [0.3, 0.4) is 0 Å². The summed E-state index contributed by atoms with van der Waals surface area (Å²) in [5.41, 5.74) is 0. The third-order valence-electron chi connectivity index (χ3n) is 0.264. The van der Waals surface area contributed by atoms with Crippen molar-refractivity contribution in [1.29, 1.82) is 0 Å². The summed E-state index contributed by atoms with van der Waals surface area (Å²) in [4.78, 5) is 8.56. The molecule has 4 N–H and O–H groups in total. The van der Waals surface area contributed by atoms with Gasteiger partial charge in [-0.05, 0) is 6.92 Å². The summed E-state index contributed by atoms with van der Waals surface area (Å²) in [6.07, 6.45) is -2.39. The number of carbonyl (C=O) groups is 1. The van der Waals surface area contributed by atoms with Crippen molar-refractivity contribution in [2.24, 2.45) is 0 Å². The molecule has 0 bridgehead atoms. The van der Waals surface area contributed by atoms with Gasteiger partial charge in [0, 0.05) is 0 Å². The Hall–Kier alpha value is -0.810. The number of rotatable bonds is 1. The highest BCUT2D eigenvalue weighted by Gasteiger charge is 1.83. The second-order valence-corrected chi connectivity index (χ2v) is 1.31. The molecule has 1 atom stereocenters. The molecule has 0 aromatic rings. The Bertz CT molecular complexity index is 65.4. The van der Waals surface area contributed by atoms with E-state index in [-0.39, 0.29) is 6.61 Å². The highest BCUT2D eigenvalue weighted by Crippen LogP contribution is 1.68. The SMILES string of the molecule is C[C@@H](O)CO.O=C(O)O. The molecule has 0 aromatic carbocycles. The zero-order valence-corrected chi connectivity index (χ0v) is 4.98. The Labute approximate surface area is 52.2 Å². The van der Waals surface area contributed by atoms with Crippen molar-refractivity contribution in [2.75, 3.05) is 6.61 Å². The molecule has 0 aliphatic carbocycles. The molecule has 0 aliphatic rings. The van der Waals surface area contributed by atoms with Crippen molar-refractivity contribution >= 4 is 6.16 Å². The fraction of sp³-hybridized carbons (Fsp3) is 0.750. The molecular weight excluding hydrogens is 128 g/mol. The summed E-state index contributed by atoms with van der Waals surface area (Å²) < 4.78 is 0. The Balaban J connectivity index is 0.